The molecule has 2 heterocycles. The molecule has 1 N–H and O–H groups in total. The molecule has 0 aliphatic heterocycles. The van der Waals surface area contributed by atoms with Gasteiger partial charge < -0.3 is 9.72 Å². The highest BCUT2D eigenvalue weighted by Gasteiger charge is 2.30. The van der Waals surface area contributed by atoms with Gasteiger partial charge in [-0.2, -0.15) is 0 Å². The summed E-state index contributed by atoms with van der Waals surface area (Å²) in [6.45, 7) is 12.8. The van der Waals surface area contributed by atoms with E-state index in [1.807, 2.05) is 16.8 Å². The zero-order valence-corrected chi connectivity index (χ0v) is 22.1. The lowest BCUT2D eigenvalue weighted by Crippen LogP contribution is -2.35. The van der Waals surface area contributed by atoms with Crippen molar-refractivity contribution in [1.82, 2.24) is 30.1 Å². The smallest absolute Gasteiger partial charge is 0.252 e. The minimum Gasteiger partial charge on any atom is -0.383 e. The summed E-state index contributed by atoms with van der Waals surface area (Å²) in [5.74, 6) is 0.977. The van der Waals surface area contributed by atoms with Crippen LogP contribution in [-0.2, 0) is 24.4 Å². The fraction of sp³-hybridized carbons (Fsp3) is 0.429. The molecule has 1 atom stereocenters. The maximum atomic E-state index is 13.2. The second kappa shape index (κ2) is 11.1. The van der Waals surface area contributed by atoms with Crippen molar-refractivity contribution >= 4 is 10.9 Å². The minimum absolute atomic E-state index is 0.0684. The molecule has 4 rings (SSSR count). The zero-order chi connectivity index (χ0) is 25.8. The van der Waals surface area contributed by atoms with E-state index in [4.69, 9.17) is 4.74 Å². The van der Waals surface area contributed by atoms with Crippen molar-refractivity contribution in [3.63, 3.8) is 0 Å². The fourth-order valence-corrected chi connectivity index (χ4v) is 4.68. The molecule has 2 aromatic carbocycles. The highest BCUT2D eigenvalue weighted by Crippen LogP contribution is 2.30. The summed E-state index contributed by atoms with van der Waals surface area (Å²) in [7, 11) is 1.67. The predicted molar refractivity (Wildman–Crippen MR) is 142 cm³/mol. The first kappa shape index (κ1) is 25.7. The molecule has 0 bridgehead atoms. The molecule has 2 aromatic heterocycles. The van der Waals surface area contributed by atoms with Crippen LogP contribution in [0.3, 0.4) is 0 Å². The molecule has 0 saturated carbocycles. The number of aromatic nitrogens is 5. The third-order valence-corrected chi connectivity index (χ3v) is 6.77. The third kappa shape index (κ3) is 5.71. The normalized spacial score (nSPS) is 12.7. The van der Waals surface area contributed by atoms with Crippen molar-refractivity contribution in [2.24, 2.45) is 5.92 Å². The average Bonchev–Trinajstić information content (AvgIpc) is 3.28. The number of nitrogens with one attached hydrogen (secondary N) is 1. The first-order valence-electron chi connectivity index (χ1n) is 12.4. The maximum absolute atomic E-state index is 13.2. The second-order valence-corrected chi connectivity index (χ2v) is 9.98. The highest BCUT2D eigenvalue weighted by molar-refractivity contribution is 5.80. The summed E-state index contributed by atoms with van der Waals surface area (Å²) < 4.78 is 7.09. The van der Waals surface area contributed by atoms with Gasteiger partial charge in [0.25, 0.3) is 5.56 Å². The second-order valence-electron chi connectivity index (χ2n) is 9.98. The molecule has 0 unspecified atom stereocenters. The average molecular weight is 489 g/mol. The Hall–Kier alpha value is -3.36. The number of nitrogens with zero attached hydrogens (tertiary/aromatic N) is 5. The number of fused-ring (bicyclic) bond motifs is 1. The van der Waals surface area contributed by atoms with Gasteiger partial charge in [0.1, 0.15) is 0 Å². The highest BCUT2D eigenvalue weighted by atomic mass is 16.5. The zero-order valence-electron chi connectivity index (χ0n) is 22.1. The van der Waals surface area contributed by atoms with E-state index in [1.54, 1.807) is 7.11 Å². The number of benzene rings is 2. The molecule has 0 saturated heterocycles. The Morgan fingerprint density at radius 1 is 1.03 bits per heavy atom. The first-order chi connectivity index (χ1) is 17.3. The van der Waals surface area contributed by atoms with Crippen molar-refractivity contribution in [2.45, 2.75) is 60.3 Å². The maximum Gasteiger partial charge on any atom is 0.252 e. The standard InChI is InChI=1S/C28H36N6O2/c1-18(2)26(27-30-31-32-34(27)11-12-36-6)33(16-22-9-7-19(3)8-10-22)17-24-15-23-13-20(4)21(5)14-25(23)29-28(24)35/h7-10,13-15,18,26H,11-12,16-17H2,1-6H3,(H,29,35)/t26-/m0/s1. The molecule has 0 fully saturated rings. The fourth-order valence-electron chi connectivity index (χ4n) is 4.68. The van der Waals surface area contributed by atoms with Crippen LogP contribution in [0.4, 0.5) is 0 Å². The Morgan fingerprint density at radius 2 is 1.75 bits per heavy atom. The topological polar surface area (TPSA) is 88.9 Å². The van der Waals surface area contributed by atoms with Crippen molar-refractivity contribution in [3.8, 4) is 0 Å². The Morgan fingerprint density at radius 3 is 2.44 bits per heavy atom. The number of pyridine rings is 1. The molecule has 0 radical (unpaired) electrons. The van der Waals surface area contributed by atoms with E-state index in [-0.39, 0.29) is 17.5 Å². The number of aryl methyl sites for hydroxylation is 3. The Bertz CT molecular complexity index is 1370. The van der Waals surface area contributed by atoms with Gasteiger partial charge in [-0.3, -0.25) is 9.69 Å². The summed E-state index contributed by atoms with van der Waals surface area (Å²) in [6.07, 6.45) is 0. The molecule has 8 heteroatoms. The van der Waals surface area contributed by atoms with Crippen LogP contribution < -0.4 is 5.56 Å². The van der Waals surface area contributed by atoms with E-state index in [2.05, 4.69) is 90.4 Å². The Labute approximate surface area is 212 Å². The number of methoxy groups -OCH3 is 1. The van der Waals surface area contributed by atoms with E-state index >= 15 is 0 Å². The summed E-state index contributed by atoms with van der Waals surface area (Å²) in [5, 5.41) is 13.7. The number of aromatic amines is 1. The van der Waals surface area contributed by atoms with Gasteiger partial charge in [0.15, 0.2) is 5.82 Å². The van der Waals surface area contributed by atoms with Gasteiger partial charge >= 0.3 is 0 Å². The summed E-state index contributed by atoms with van der Waals surface area (Å²) >= 11 is 0. The van der Waals surface area contributed by atoms with E-state index < -0.39 is 0 Å². The summed E-state index contributed by atoms with van der Waals surface area (Å²) in [5.41, 5.74) is 6.27. The molecule has 0 aliphatic carbocycles. The monoisotopic (exact) mass is 488 g/mol. The van der Waals surface area contributed by atoms with Crippen LogP contribution in [0.5, 0.6) is 0 Å². The minimum atomic E-state index is -0.104. The van der Waals surface area contributed by atoms with Crippen molar-refractivity contribution in [3.05, 3.63) is 86.5 Å². The summed E-state index contributed by atoms with van der Waals surface area (Å²) in [4.78, 5) is 18.6. The first-order valence-corrected chi connectivity index (χ1v) is 12.4. The van der Waals surface area contributed by atoms with Crippen molar-refractivity contribution < 1.29 is 4.74 Å². The van der Waals surface area contributed by atoms with Gasteiger partial charge in [-0.1, -0.05) is 43.7 Å². The third-order valence-electron chi connectivity index (χ3n) is 6.77. The Balaban J connectivity index is 1.77. The van der Waals surface area contributed by atoms with E-state index in [9.17, 15) is 4.79 Å². The van der Waals surface area contributed by atoms with Crippen molar-refractivity contribution in [1.29, 1.82) is 0 Å². The predicted octanol–water partition coefficient (Wildman–Crippen LogP) is 4.49. The van der Waals surface area contributed by atoms with E-state index in [1.165, 1.54) is 16.7 Å². The molecule has 0 amide bonds. The van der Waals surface area contributed by atoms with Crippen LogP contribution >= 0.6 is 0 Å². The Kier molecular flexibility index (Phi) is 7.96. The lowest BCUT2D eigenvalue weighted by Gasteiger charge is -2.33. The van der Waals surface area contributed by atoms with Crippen LogP contribution in [0.25, 0.3) is 10.9 Å². The van der Waals surface area contributed by atoms with Crippen LogP contribution in [0.1, 0.15) is 53.5 Å². The number of rotatable bonds is 10. The molecule has 8 nitrogen and oxygen atoms in total. The molecular formula is C28H36N6O2. The number of hydrogen-bond donors (Lipinski definition) is 1. The van der Waals surface area contributed by atoms with E-state index in [0.29, 0.717) is 26.2 Å². The number of ether oxygens (including phenoxy) is 1. The number of tetrazole rings is 1. The molecule has 4 aromatic rings. The van der Waals surface area contributed by atoms with Crippen LogP contribution in [0, 0.1) is 26.7 Å². The largest absolute Gasteiger partial charge is 0.383 e. The molecule has 0 spiro atoms. The van der Waals surface area contributed by atoms with Crippen molar-refractivity contribution in [2.75, 3.05) is 13.7 Å². The number of hydrogen-bond acceptors (Lipinski definition) is 6. The summed E-state index contributed by atoms with van der Waals surface area (Å²) in [6, 6.07) is 14.6. The van der Waals surface area contributed by atoms with Gasteiger partial charge in [-0.25, -0.2) is 4.68 Å². The van der Waals surface area contributed by atoms with E-state index in [0.717, 1.165) is 27.9 Å². The van der Waals surface area contributed by atoms with Gasteiger partial charge in [0.05, 0.1) is 19.2 Å². The van der Waals surface area contributed by atoms with Crippen LogP contribution in [0.2, 0.25) is 0 Å². The van der Waals surface area contributed by atoms with Crippen LogP contribution in [0.15, 0.2) is 47.3 Å². The molecule has 36 heavy (non-hydrogen) atoms. The quantitative estimate of drug-likeness (QED) is 0.354. The number of H-pyrrole nitrogens is 1. The lowest BCUT2D eigenvalue weighted by molar-refractivity contribution is 0.121. The van der Waals surface area contributed by atoms with Gasteiger partial charge in [-0.15, -0.1) is 5.10 Å². The molecular weight excluding hydrogens is 452 g/mol. The molecule has 0 aliphatic rings. The lowest BCUT2D eigenvalue weighted by atomic mass is 9.99. The van der Waals surface area contributed by atoms with Gasteiger partial charge in [0.2, 0.25) is 0 Å². The van der Waals surface area contributed by atoms with Gasteiger partial charge in [-0.05, 0) is 77.4 Å². The molecule has 190 valence electrons. The van der Waals surface area contributed by atoms with Crippen LogP contribution in [-0.4, -0.2) is 43.8 Å². The van der Waals surface area contributed by atoms with Gasteiger partial charge in [0, 0.05) is 31.3 Å². The SMILES string of the molecule is COCCn1nnnc1[C@H](C(C)C)N(Cc1ccc(C)cc1)Cc1cc2cc(C)c(C)cc2[nH]c1=O.